The third-order valence-electron chi connectivity index (χ3n) is 5.11. The van der Waals surface area contributed by atoms with Gasteiger partial charge < -0.3 is 14.6 Å². The van der Waals surface area contributed by atoms with Gasteiger partial charge in [0.1, 0.15) is 5.82 Å². The quantitative estimate of drug-likeness (QED) is 0.422. The number of nitrogens with one attached hydrogen (secondary N) is 1. The molecule has 160 valence electrons. The first-order valence-corrected chi connectivity index (χ1v) is 11.1. The number of para-hydroxylation sites is 2. The molecular formula is C24H30ClN3O2. The molecule has 1 heterocycles. The first-order chi connectivity index (χ1) is 14.7. The van der Waals surface area contributed by atoms with Gasteiger partial charge in [-0.05, 0) is 43.5 Å². The topological polar surface area (TPSA) is 56.1 Å². The normalized spacial score (nSPS) is 11.1. The minimum atomic E-state index is 0.0146. The van der Waals surface area contributed by atoms with Gasteiger partial charge in [0.25, 0.3) is 0 Å². The summed E-state index contributed by atoms with van der Waals surface area (Å²) in [7, 11) is 0. The largest absolute Gasteiger partial charge is 0.380 e. The molecule has 3 aromatic rings. The summed E-state index contributed by atoms with van der Waals surface area (Å²) in [6, 6.07) is 15.7. The van der Waals surface area contributed by atoms with Crippen molar-refractivity contribution in [1.82, 2.24) is 14.9 Å². The van der Waals surface area contributed by atoms with E-state index in [-0.39, 0.29) is 5.91 Å². The highest BCUT2D eigenvalue weighted by molar-refractivity contribution is 6.31. The number of carbonyl (C=O) groups is 1. The number of unbranched alkanes of at least 4 members (excludes halogenated alkanes) is 2. The van der Waals surface area contributed by atoms with Crippen LogP contribution in [0.4, 0.5) is 0 Å². The van der Waals surface area contributed by atoms with E-state index in [1.165, 1.54) is 5.52 Å². The number of hydrogen-bond donors (Lipinski definition) is 1. The summed E-state index contributed by atoms with van der Waals surface area (Å²) in [6.07, 6.45) is 4.28. The van der Waals surface area contributed by atoms with E-state index in [9.17, 15) is 4.79 Å². The molecule has 0 aliphatic carbocycles. The van der Waals surface area contributed by atoms with Crippen molar-refractivity contribution in [3.05, 3.63) is 64.9 Å². The Morgan fingerprint density at radius 3 is 2.73 bits per heavy atom. The van der Waals surface area contributed by atoms with Gasteiger partial charge in [-0.2, -0.15) is 0 Å². The van der Waals surface area contributed by atoms with Gasteiger partial charge in [-0.1, -0.05) is 48.4 Å². The van der Waals surface area contributed by atoms with E-state index in [2.05, 4.69) is 28.1 Å². The van der Waals surface area contributed by atoms with Crippen molar-refractivity contribution in [1.29, 1.82) is 0 Å². The second-order valence-corrected chi connectivity index (χ2v) is 7.70. The standard InChI is InChI=1S/C24H30ClN3O2/c1-2-30-17-16-28-22-13-8-7-12-21(22)27-23(28)14-4-3-9-15-26-24(29)18-19-10-5-6-11-20(19)25/h5-8,10-13H,2-4,9,14-18H2,1H3,(H,26,29). The number of imidazole rings is 1. The average Bonchev–Trinajstić information content (AvgIpc) is 3.10. The van der Waals surface area contributed by atoms with Crippen molar-refractivity contribution < 1.29 is 9.53 Å². The fourth-order valence-electron chi connectivity index (χ4n) is 3.56. The number of carbonyl (C=O) groups excluding carboxylic acids is 1. The number of aryl methyl sites for hydroxylation is 1. The van der Waals surface area contributed by atoms with E-state index in [1.54, 1.807) is 0 Å². The number of amides is 1. The molecular weight excluding hydrogens is 398 g/mol. The van der Waals surface area contributed by atoms with E-state index in [4.69, 9.17) is 21.3 Å². The first kappa shape index (κ1) is 22.3. The summed E-state index contributed by atoms with van der Waals surface area (Å²) in [5.74, 6) is 1.12. The van der Waals surface area contributed by atoms with E-state index < -0.39 is 0 Å². The summed E-state index contributed by atoms with van der Waals surface area (Å²) in [4.78, 5) is 16.9. The van der Waals surface area contributed by atoms with Crippen LogP contribution >= 0.6 is 11.6 Å². The zero-order valence-corrected chi connectivity index (χ0v) is 18.3. The maximum absolute atomic E-state index is 12.1. The van der Waals surface area contributed by atoms with Crippen LogP contribution in [0.5, 0.6) is 0 Å². The fraction of sp³-hybridized carbons (Fsp3) is 0.417. The van der Waals surface area contributed by atoms with E-state index in [0.29, 0.717) is 24.6 Å². The lowest BCUT2D eigenvalue weighted by Crippen LogP contribution is -2.26. The Hall–Kier alpha value is -2.37. The number of benzene rings is 2. The van der Waals surface area contributed by atoms with Crippen LogP contribution in [0.15, 0.2) is 48.5 Å². The summed E-state index contributed by atoms with van der Waals surface area (Å²) in [5.41, 5.74) is 3.07. The van der Waals surface area contributed by atoms with Gasteiger partial charge in [-0.25, -0.2) is 4.98 Å². The monoisotopic (exact) mass is 427 g/mol. The van der Waals surface area contributed by atoms with E-state index in [0.717, 1.165) is 55.7 Å². The highest BCUT2D eigenvalue weighted by Gasteiger charge is 2.10. The smallest absolute Gasteiger partial charge is 0.224 e. The van der Waals surface area contributed by atoms with Crippen molar-refractivity contribution >= 4 is 28.5 Å². The predicted molar refractivity (Wildman–Crippen MR) is 122 cm³/mol. The highest BCUT2D eigenvalue weighted by Crippen LogP contribution is 2.18. The van der Waals surface area contributed by atoms with Crippen molar-refractivity contribution in [2.24, 2.45) is 0 Å². The maximum Gasteiger partial charge on any atom is 0.224 e. The zero-order valence-electron chi connectivity index (χ0n) is 17.6. The molecule has 0 radical (unpaired) electrons. The predicted octanol–water partition coefficient (Wildman–Crippen LogP) is 4.80. The molecule has 0 unspecified atom stereocenters. The molecule has 6 heteroatoms. The lowest BCUT2D eigenvalue weighted by atomic mass is 10.1. The Balaban J connectivity index is 1.42. The second kappa shape index (κ2) is 11.7. The van der Waals surface area contributed by atoms with Crippen LogP contribution < -0.4 is 5.32 Å². The van der Waals surface area contributed by atoms with Crippen molar-refractivity contribution in [3.63, 3.8) is 0 Å². The molecule has 0 saturated carbocycles. The molecule has 30 heavy (non-hydrogen) atoms. The third kappa shape index (κ3) is 6.31. The number of nitrogens with zero attached hydrogens (tertiary/aromatic N) is 2. The Kier molecular flexibility index (Phi) is 8.72. The number of rotatable bonds is 12. The van der Waals surface area contributed by atoms with Crippen LogP contribution in [-0.2, 0) is 28.9 Å². The molecule has 1 aromatic heterocycles. The molecule has 3 rings (SSSR count). The van der Waals surface area contributed by atoms with Crippen molar-refractivity contribution in [2.45, 2.75) is 45.6 Å². The molecule has 0 saturated heterocycles. The molecule has 0 spiro atoms. The van der Waals surface area contributed by atoms with Crippen LogP contribution in [0.25, 0.3) is 11.0 Å². The second-order valence-electron chi connectivity index (χ2n) is 7.29. The van der Waals surface area contributed by atoms with Crippen LogP contribution in [0, 0.1) is 0 Å². The molecule has 1 amide bonds. The summed E-state index contributed by atoms with van der Waals surface area (Å²) >= 11 is 6.12. The van der Waals surface area contributed by atoms with Crippen LogP contribution in [0.1, 0.15) is 37.6 Å². The molecule has 1 N–H and O–H groups in total. The Morgan fingerprint density at radius 2 is 1.90 bits per heavy atom. The van der Waals surface area contributed by atoms with Gasteiger partial charge in [0.15, 0.2) is 0 Å². The van der Waals surface area contributed by atoms with Gasteiger partial charge in [0, 0.05) is 31.1 Å². The van der Waals surface area contributed by atoms with Gasteiger partial charge >= 0.3 is 0 Å². The molecule has 0 aliphatic heterocycles. The fourth-order valence-corrected chi connectivity index (χ4v) is 3.76. The number of halogens is 1. The SMILES string of the molecule is CCOCCn1c(CCCCCNC(=O)Cc2ccccc2Cl)nc2ccccc21. The molecule has 0 atom stereocenters. The first-order valence-electron chi connectivity index (χ1n) is 10.7. The van der Waals surface area contributed by atoms with E-state index in [1.807, 2.05) is 37.3 Å². The minimum absolute atomic E-state index is 0.0146. The Morgan fingerprint density at radius 1 is 1.10 bits per heavy atom. The molecule has 5 nitrogen and oxygen atoms in total. The summed E-state index contributed by atoms with van der Waals surface area (Å²) in [6.45, 7) is 4.94. The number of hydrogen-bond acceptors (Lipinski definition) is 3. The van der Waals surface area contributed by atoms with Crippen LogP contribution in [0.3, 0.4) is 0 Å². The van der Waals surface area contributed by atoms with Gasteiger partial charge in [-0.3, -0.25) is 4.79 Å². The van der Waals surface area contributed by atoms with Crippen LogP contribution in [0.2, 0.25) is 5.02 Å². The zero-order chi connectivity index (χ0) is 21.2. The molecule has 2 aromatic carbocycles. The van der Waals surface area contributed by atoms with E-state index >= 15 is 0 Å². The lowest BCUT2D eigenvalue weighted by molar-refractivity contribution is -0.120. The Bertz CT molecular complexity index is 955. The van der Waals surface area contributed by atoms with Crippen LogP contribution in [-0.4, -0.2) is 35.2 Å². The number of fused-ring (bicyclic) bond motifs is 1. The maximum atomic E-state index is 12.1. The van der Waals surface area contributed by atoms with Gasteiger partial charge in [0.05, 0.1) is 24.1 Å². The summed E-state index contributed by atoms with van der Waals surface area (Å²) < 4.78 is 7.82. The van der Waals surface area contributed by atoms with Gasteiger partial charge in [-0.15, -0.1) is 0 Å². The lowest BCUT2D eigenvalue weighted by Gasteiger charge is -2.10. The van der Waals surface area contributed by atoms with Crippen molar-refractivity contribution in [2.75, 3.05) is 19.8 Å². The Labute approximate surface area is 183 Å². The highest BCUT2D eigenvalue weighted by atomic mass is 35.5. The third-order valence-corrected chi connectivity index (χ3v) is 5.47. The van der Waals surface area contributed by atoms with Crippen molar-refractivity contribution in [3.8, 4) is 0 Å². The molecule has 0 fully saturated rings. The molecule has 0 bridgehead atoms. The minimum Gasteiger partial charge on any atom is -0.380 e. The average molecular weight is 428 g/mol. The van der Waals surface area contributed by atoms with Gasteiger partial charge in [0.2, 0.25) is 5.91 Å². The molecule has 0 aliphatic rings. The number of ether oxygens (including phenoxy) is 1. The summed E-state index contributed by atoms with van der Waals surface area (Å²) in [5, 5.41) is 3.63. The number of aromatic nitrogens is 2.